The fourth-order valence-electron chi connectivity index (χ4n) is 1.73. The van der Waals surface area contributed by atoms with Gasteiger partial charge in [-0.1, -0.05) is 12.1 Å². The number of ether oxygens (including phenoxy) is 1. The van der Waals surface area contributed by atoms with Crippen molar-refractivity contribution in [2.45, 2.75) is 39.7 Å². The molecule has 0 bridgehead atoms. The third-order valence-corrected chi connectivity index (χ3v) is 2.69. The Hall–Kier alpha value is -2.04. The van der Waals surface area contributed by atoms with E-state index in [0.717, 1.165) is 5.56 Å². The monoisotopic (exact) mass is 278 g/mol. The van der Waals surface area contributed by atoms with Crippen LogP contribution < -0.4 is 10.1 Å². The van der Waals surface area contributed by atoms with Crippen molar-refractivity contribution in [1.29, 1.82) is 0 Å². The number of amides is 1. The number of rotatable bonds is 7. The highest BCUT2D eigenvalue weighted by atomic mass is 16.5. The molecule has 0 saturated carbocycles. The van der Waals surface area contributed by atoms with E-state index in [9.17, 15) is 4.79 Å². The molecule has 110 valence electrons. The first kappa shape index (κ1) is 16.0. The van der Waals surface area contributed by atoms with Gasteiger partial charge >= 0.3 is 0 Å². The third kappa shape index (κ3) is 5.30. The SMILES string of the molecule is CCC(=NO)c1ccc(OCCC(=O)NC(C)C)cc1. The average molecular weight is 278 g/mol. The molecule has 0 aliphatic rings. The standard InChI is InChI=1S/C15H22N2O3/c1-4-14(17-19)12-5-7-13(8-6-12)20-10-9-15(18)16-11(2)3/h5-8,11,19H,4,9-10H2,1-3H3,(H,16,18). The minimum absolute atomic E-state index is 0.0164. The van der Waals surface area contributed by atoms with Crippen LogP contribution in [0.4, 0.5) is 0 Å². The van der Waals surface area contributed by atoms with Crippen molar-refractivity contribution in [3.8, 4) is 5.75 Å². The summed E-state index contributed by atoms with van der Waals surface area (Å²) in [5.41, 5.74) is 1.49. The molecule has 1 aromatic rings. The van der Waals surface area contributed by atoms with Crippen molar-refractivity contribution in [1.82, 2.24) is 5.32 Å². The lowest BCUT2D eigenvalue weighted by Crippen LogP contribution is -2.31. The van der Waals surface area contributed by atoms with E-state index >= 15 is 0 Å². The van der Waals surface area contributed by atoms with Gasteiger partial charge in [0.05, 0.1) is 18.7 Å². The summed E-state index contributed by atoms with van der Waals surface area (Å²) in [6.45, 7) is 6.11. The molecule has 0 aliphatic heterocycles. The third-order valence-electron chi connectivity index (χ3n) is 2.69. The molecule has 0 atom stereocenters. The lowest BCUT2D eigenvalue weighted by atomic mass is 10.1. The molecule has 1 rings (SSSR count). The molecule has 0 spiro atoms. The maximum Gasteiger partial charge on any atom is 0.223 e. The predicted molar refractivity (Wildman–Crippen MR) is 78.4 cm³/mol. The van der Waals surface area contributed by atoms with Crippen LogP contribution in [0, 0.1) is 0 Å². The second-order valence-electron chi connectivity index (χ2n) is 4.75. The van der Waals surface area contributed by atoms with Crippen molar-refractivity contribution in [3.05, 3.63) is 29.8 Å². The molecule has 5 nitrogen and oxygen atoms in total. The molecule has 5 heteroatoms. The van der Waals surface area contributed by atoms with Crippen LogP contribution in [0.25, 0.3) is 0 Å². The van der Waals surface area contributed by atoms with Crippen LogP contribution in [0.1, 0.15) is 39.2 Å². The van der Waals surface area contributed by atoms with E-state index in [0.29, 0.717) is 30.9 Å². The Morgan fingerprint density at radius 1 is 1.35 bits per heavy atom. The number of hydrogen-bond acceptors (Lipinski definition) is 4. The summed E-state index contributed by atoms with van der Waals surface area (Å²) in [5, 5.41) is 14.9. The Morgan fingerprint density at radius 2 is 2.00 bits per heavy atom. The van der Waals surface area contributed by atoms with Crippen molar-refractivity contribution >= 4 is 11.6 Å². The molecular formula is C15H22N2O3. The van der Waals surface area contributed by atoms with E-state index in [-0.39, 0.29) is 11.9 Å². The van der Waals surface area contributed by atoms with Gasteiger partial charge in [-0.25, -0.2) is 0 Å². The quantitative estimate of drug-likeness (QED) is 0.457. The number of nitrogens with zero attached hydrogens (tertiary/aromatic N) is 1. The van der Waals surface area contributed by atoms with E-state index in [4.69, 9.17) is 9.94 Å². The maximum absolute atomic E-state index is 11.4. The van der Waals surface area contributed by atoms with Gasteiger partial charge in [0.15, 0.2) is 0 Å². The molecule has 2 N–H and O–H groups in total. The summed E-state index contributed by atoms with van der Waals surface area (Å²) in [5.74, 6) is 0.678. The highest BCUT2D eigenvalue weighted by Crippen LogP contribution is 2.14. The van der Waals surface area contributed by atoms with Crippen LogP contribution in [-0.4, -0.2) is 29.5 Å². The fourth-order valence-corrected chi connectivity index (χ4v) is 1.73. The number of hydrogen-bond donors (Lipinski definition) is 2. The second-order valence-corrected chi connectivity index (χ2v) is 4.75. The Kier molecular flexibility index (Phi) is 6.56. The molecule has 0 fully saturated rings. The minimum Gasteiger partial charge on any atom is -0.493 e. The van der Waals surface area contributed by atoms with Gasteiger partial charge in [-0.15, -0.1) is 0 Å². The summed E-state index contributed by atoms with van der Waals surface area (Å²) in [6.07, 6.45) is 0.990. The first-order valence-electron chi connectivity index (χ1n) is 6.80. The van der Waals surface area contributed by atoms with Gasteiger partial charge in [-0.05, 0) is 50.1 Å². The van der Waals surface area contributed by atoms with Crippen molar-refractivity contribution in [3.63, 3.8) is 0 Å². The van der Waals surface area contributed by atoms with Crippen LogP contribution in [0.2, 0.25) is 0 Å². The van der Waals surface area contributed by atoms with Crippen molar-refractivity contribution < 1.29 is 14.7 Å². The molecule has 0 aromatic heterocycles. The first-order valence-corrected chi connectivity index (χ1v) is 6.80. The number of carbonyl (C=O) groups excluding carboxylic acids is 1. The van der Waals surface area contributed by atoms with Crippen LogP contribution in [0.5, 0.6) is 5.75 Å². The molecule has 0 saturated heterocycles. The molecule has 20 heavy (non-hydrogen) atoms. The smallest absolute Gasteiger partial charge is 0.223 e. The normalized spacial score (nSPS) is 11.5. The van der Waals surface area contributed by atoms with Crippen molar-refractivity contribution in [2.75, 3.05) is 6.61 Å². The summed E-state index contributed by atoms with van der Waals surface area (Å²) >= 11 is 0. The summed E-state index contributed by atoms with van der Waals surface area (Å²) in [6, 6.07) is 7.42. The largest absolute Gasteiger partial charge is 0.493 e. The topological polar surface area (TPSA) is 70.9 Å². The van der Waals surface area contributed by atoms with E-state index in [1.165, 1.54) is 0 Å². The first-order chi connectivity index (χ1) is 9.56. The molecule has 0 heterocycles. The lowest BCUT2D eigenvalue weighted by Gasteiger charge is -2.09. The minimum atomic E-state index is -0.0164. The molecule has 1 aromatic carbocycles. The van der Waals surface area contributed by atoms with Gasteiger partial charge in [-0.3, -0.25) is 4.79 Å². The summed E-state index contributed by atoms with van der Waals surface area (Å²) < 4.78 is 5.50. The van der Waals surface area contributed by atoms with Crippen LogP contribution >= 0.6 is 0 Å². The summed E-state index contributed by atoms with van der Waals surface area (Å²) in [4.78, 5) is 11.4. The number of carbonyl (C=O) groups is 1. The van der Waals surface area contributed by atoms with E-state index in [1.54, 1.807) is 12.1 Å². The van der Waals surface area contributed by atoms with Gasteiger partial charge < -0.3 is 15.3 Å². The van der Waals surface area contributed by atoms with Gasteiger partial charge in [0.2, 0.25) is 5.91 Å². The Balaban J connectivity index is 2.44. The van der Waals surface area contributed by atoms with E-state index < -0.39 is 0 Å². The highest BCUT2D eigenvalue weighted by molar-refractivity contribution is 6.00. The number of benzene rings is 1. The molecule has 0 radical (unpaired) electrons. The maximum atomic E-state index is 11.4. The van der Waals surface area contributed by atoms with E-state index in [1.807, 2.05) is 32.9 Å². The zero-order chi connectivity index (χ0) is 15.0. The van der Waals surface area contributed by atoms with Gasteiger partial charge in [-0.2, -0.15) is 0 Å². The molecule has 0 unspecified atom stereocenters. The number of oxime groups is 1. The van der Waals surface area contributed by atoms with Gasteiger partial charge in [0.1, 0.15) is 5.75 Å². The Morgan fingerprint density at radius 3 is 2.50 bits per heavy atom. The van der Waals surface area contributed by atoms with Crippen LogP contribution in [0.3, 0.4) is 0 Å². The van der Waals surface area contributed by atoms with Crippen LogP contribution in [-0.2, 0) is 4.79 Å². The predicted octanol–water partition coefficient (Wildman–Crippen LogP) is 2.57. The van der Waals surface area contributed by atoms with Crippen LogP contribution in [0.15, 0.2) is 29.4 Å². The fraction of sp³-hybridized carbons (Fsp3) is 0.467. The molecular weight excluding hydrogens is 256 g/mol. The second kappa shape index (κ2) is 8.19. The highest BCUT2D eigenvalue weighted by Gasteiger charge is 2.05. The molecule has 0 aliphatic carbocycles. The van der Waals surface area contributed by atoms with Crippen molar-refractivity contribution in [2.24, 2.45) is 5.16 Å². The van der Waals surface area contributed by atoms with E-state index in [2.05, 4.69) is 10.5 Å². The Labute approximate surface area is 119 Å². The summed E-state index contributed by atoms with van der Waals surface area (Å²) in [7, 11) is 0. The number of nitrogens with one attached hydrogen (secondary N) is 1. The average Bonchev–Trinajstić information content (AvgIpc) is 2.41. The Bertz CT molecular complexity index is 453. The zero-order valence-electron chi connectivity index (χ0n) is 12.2. The lowest BCUT2D eigenvalue weighted by molar-refractivity contribution is -0.122. The zero-order valence-corrected chi connectivity index (χ0v) is 12.2. The molecule has 1 amide bonds. The van der Waals surface area contributed by atoms with Gasteiger partial charge in [0, 0.05) is 6.04 Å². The van der Waals surface area contributed by atoms with Gasteiger partial charge in [0.25, 0.3) is 0 Å².